The van der Waals surface area contributed by atoms with Crippen molar-refractivity contribution in [3.05, 3.63) is 41.3 Å². The Bertz CT molecular complexity index is 590. The number of rotatable bonds is 10. The van der Waals surface area contributed by atoms with E-state index in [-0.39, 0.29) is 18.4 Å². The van der Waals surface area contributed by atoms with Crippen LogP contribution in [0.15, 0.2) is 35.7 Å². The fourth-order valence-electron chi connectivity index (χ4n) is 2.42. The normalized spacial score (nSPS) is 14.4. The second-order valence-corrected chi connectivity index (χ2v) is 6.69. The lowest BCUT2D eigenvalue weighted by atomic mass is 10.1. The monoisotopic (exact) mass is 362 g/mol. The number of amides is 2. The van der Waals surface area contributed by atoms with Crippen molar-refractivity contribution in [3.63, 3.8) is 0 Å². The number of hydrogen-bond acceptors (Lipinski definition) is 4. The van der Waals surface area contributed by atoms with Crippen LogP contribution in [-0.4, -0.2) is 48.8 Å². The molecule has 0 atom stereocenters. The summed E-state index contributed by atoms with van der Waals surface area (Å²) in [5.41, 5.74) is 1.74. The minimum atomic E-state index is -0.143. The van der Waals surface area contributed by atoms with Crippen molar-refractivity contribution >= 4 is 29.3 Å². The zero-order chi connectivity index (χ0) is 17.9. The summed E-state index contributed by atoms with van der Waals surface area (Å²) in [4.78, 5) is 26.0. The van der Waals surface area contributed by atoms with Crippen LogP contribution in [0.1, 0.15) is 31.7 Å². The standard InChI is InChI=1S/C19H26N2O3S/c1-2-3-11-24-12-7-10-20-18(22)13-21-17(14-25-15-19(21)23)16-8-5-4-6-9-16/h4-6,8-9,14H,2-3,7,10-13,15H2,1H3,(H,20,22). The molecule has 0 spiro atoms. The van der Waals surface area contributed by atoms with E-state index in [9.17, 15) is 9.59 Å². The van der Waals surface area contributed by atoms with E-state index in [0.29, 0.717) is 18.9 Å². The van der Waals surface area contributed by atoms with Crippen LogP contribution < -0.4 is 5.32 Å². The molecule has 2 amide bonds. The van der Waals surface area contributed by atoms with Gasteiger partial charge in [-0.1, -0.05) is 43.7 Å². The van der Waals surface area contributed by atoms with Gasteiger partial charge in [-0.3, -0.25) is 9.59 Å². The fourth-order valence-corrected chi connectivity index (χ4v) is 3.23. The van der Waals surface area contributed by atoms with Gasteiger partial charge in [0.2, 0.25) is 11.8 Å². The first-order valence-corrected chi connectivity index (χ1v) is 9.79. The van der Waals surface area contributed by atoms with Crippen LogP contribution in [0.2, 0.25) is 0 Å². The average molecular weight is 362 g/mol. The average Bonchev–Trinajstić information content (AvgIpc) is 2.63. The summed E-state index contributed by atoms with van der Waals surface area (Å²) in [5, 5.41) is 4.82. The Morgan fingerprint density at radius 3 is 2.76 bits per heavy atom. The van der Waals surface area contributed by atoms with Crippen molar-refractivity contribution in [2.24, 2.45) is 0 Å². The Hall–Kier alpha value is -1.79. The smallest absolute Gasteiger partial charge is 0.240 e. The van der Waals surface area contributed by atoms with Gasteiger partial charge in [0, 0.05) is 19.8 Å². The van der Waals surface area contributed by atoms with Gasteiger partial charge in [0.05, 0.1) is 11.4 Å². The summed E-state index contributed by atoms with van der Waals surface area (Å²) in [7, 11) is 0. The second-order valence-electron chi connectivity index (χ2n) is 5.83. The summed E-state index contributed by atoms with van der Waals surface area (Å²) < 4.78 is 5.47. The van der Waals surface area contributed by atoms with Crippen LogP contribution in [0.4, 0.5) is 0 Å². The molecule has 0 aliphatic carbocycles. The van der Waals surface area contributed by atoms with Gasteiger partial charge in [0.1, 0.15) is 6.54 Å². The van der Waals surface area contributed by atoms with Gasteiger partial charge >= 0.3 is 0 Å². The molecule has 1 aromatic rings. The van der Waals surface area contributed by atoms with Crippen LogP contribution in [0, 0.1) is 0 Å². The molecule has 2 rings (SSSR count). The molecule has 1 aromatic carbocycles. The van der Waals surface area contributed by atoms with E-state index in [4.69, 9.17) is 4.74 Å². The van der Waals surface area contributed by atoms with Crippen molar-refractivity contribution in [2.45, 2.75) is 26.2 Å². The third-order valence-corrected chi connectivity index (χ3v) is 4.60. The van der Waals surface area contributed by atoms with Crippen molar-refractivity contribution in [3.8, 4) is 0 Å². The summed E-state index contributed by atoms with van der Waals surface area (Å²) >= 11 is 1.47. The highest BCUT2D eigenvalue weighted by Crippen LogP contribution is 2.27. The number of hydrogen-bond donors (Lipinski definition) is 1. The number of carbonyl (C=O) groups is 2. The van der Waals surface area contributed by atoms with Crippen LogP contribution in [0.3, 0.4) is 0 Å². The summed E-state index contributed by atoms with van der Waals surface area (Å²) in [6, 6.07) is 9.68. The van der Waals surface area contributed by atoms with E-state index in [1.807, 2.05) is 35.7 Å². The highest BCUT2D eigenvalue weighted by molar-refractivity contribution is 8.03. The molecular weight excluding hydrogens is 336 g/mol. The van der Waals surface area contributed by atoms with Crippen LogP contribution >= 0.6 is 11.8 Å². The van der Waals surface area contributed by atoms with Gasteiger partial charge in [-0.2, -0.15) is 0 Å². The number of ether oxygens (including phenoxy) is 1. The molecule has 0 bridgehead atoms. The van der Waals surface area contributed by atoms with E-state index in [1.54, 1.807) is 4.90 Å². The summed E-state index contributed by atoms with van der Waals surface area (Å²) in [6.45, 7) is 4.16. The Balaban J connectivity index is 1.80. The molecule has 6 heteroatoms. The Morgan fingerprint density at radius 1 is 1.24 bits per heavy atom. The largest absolute Gasteiger partial charge is 0.381 e. The molecule has 1 aliphatic heterocycles. The first kappa shape index (κ1) is 19.5. The predicted octanol–water partition coefficient (Wildman–Crippen LogP) is 2.88. The quantitative estimate of drug-likeness (QED) is 0.650. The van der Waals surface area contributed by atoms with E-state index in [0.717, 1.165) is 37.1 Å². The summed E-state index contributed by atoms with van der Waals surface area (Å²) in [5.74, 6) is 0.189. The highest BCUT2D eigenvalue weighted by Gasteiger charge is 2.25. The molecule has 25 heavy (non-hydrogen) atoms. The Morgan fingerprint density at radius 2 is 2.00 bits per heavy atom. The molecule has 0 saturated heterocycles. The lowest BCUT2D eigenvalue weighted by Crippen LogP contribution is -2.41. The lowest BCUT2D eigenvalue weighted by Gasteiger charge is -2.28. The van der Waals surface area contributed by atoms with Gasteiger partial charge in [-0.05, 0) is 23.8 Å². The maximum atomic E-state index is 12.3. The number of benzene rings is 1. The zero-order valence-electron chi connectivity index (χ0n) is 14.7. The van der Waals surface area contributed by atoms with E-state index in [1.165, 1.54) is 11.8 Å². The SMILES string of the molecule is CCCCOCCCNC(=O)CN1C(=O)CSC=C1c1ccccc1. The molecular formula is C19H26N2O3S. The third kappa shape index (κ3) is 6.55. The fraction of sp³-hybridized carbons (Fsp3) is 0.474. The van der Waals surface area contributed by atoms with Gasteiger partial charge in [-0.15, -0.1) is 11.8 Å². The minimum Gasteiger partial charge on any atom is -0.381 e. The molecule has 0 unspecified atom stereocenters. The van der Waals surface area contributed by atoms with E-state index >= 15 is 0 Å². The van der Waals surface area contributed by atoms with Crippen molar-refractivity contribution in [2.75, 3.05) is 32.1 Å². The molecule has 0 saturated carbocycles. The highest BCUT2D eigenvalue weighted by atomic mass is 32.2. The molecule has 0 fully saturated rings. The zero-order valence-corrected chi connectivity index (χ0v) is 15.5. The van der Waals surface area contributed by atoms with Gasteiger partial charge in [0.15, 0.2) is 0 Å². The number of nitrogens with zero attached hydrogens (tertiary/aromatic N) is 1. The third-order valence-electron chi connectivity index (χ3n) is 3.79. The molecule has 0 aromatic heterocycles. The topological polar surface area (TPSA) is 58.6 Å². The molecule has 1 N–H and O–H groups in total. The first-order chi connectivity index (χ1) is 12.2. The predicted molar refractivity (Wildman–Crippen MR) is 102 cm³/mol. The molecule has 0 radical (unpaired) electrons. The maximum absolute atomic E-state index is 12.3. The lowest BCUT2D eigenvalue weighted by molar-refractivity contribution is -0.131. The number of carbonyl (C=O) groups excluding carboxylic acids is 2. The minimum absolute atomic E-state index is 0.0376. The maximum Gasteiger partial charge on any atom is 0.240 e. The van der Waals surface area contributed by atoms with Crippen molar-refractivity contribution in [1.82, 2.24) is 10.2 Å². The first-order valence-electron chi connectivity index (χ1n) is 8.74. The number of thioether (sulfide) groups is 1. The molecule has 1 heterocycles. The van der Waals surface area contributed by atoms with Gasteiger partial charge in [-0.25, -0.2) is 0 Å². The summed E-state index contributed by atoms with van der Waals surface area (Å²) in [6.07, 6.45) is 2.97. The van der Waals surface area contributed by atoms with E-state index < -0.39 is 0 Å². The van der Waals surface area contributed by atoms with Crippen molar-refractivity contribution in [1.29, 1.82) is 0 Å². The number of unbranched alkanes of at least 4 members (excludes halogenated alkanes) is 1. The molecule has 5 nitrogen and oxygen atoms in total. The van der Waals surface area contributed by atoms with Crippen LogP contribution in [-0.2, 0) is 14.3 Å². The van der Waals surface area contributed by atoms with Gasteiger partial charge < -0.3 is 15.0 Å². The second kappa shape index (κ2) is 10.9. The molecule has 1 aliphatic rings. The Kier molecular flexibility index (Phi) is 8.55. The van der Waals surface area contributed by atoms with Crippen LogP contribution in [0.25, 0.3) is 5.70 Å². The number of nitrogens with one attached hydrogen (secondary N) is 1. The van der Waals surface area contributed by atoms with Crippen molar-refractivity contribution < 1.29 is 14.3 Å². The van der Waals surface area contributed by atoms with Gasteiger partial charge in [0.25, 0.3) is 0 Å². The molecule has 136 valence electrons. The van der Waals surface area contributed by atoms with E-state index in [2.05, 4.69) is 12.2 Å². The Labute approximate surface area is 153 Å². The van der Waals surface area contributed by atoms with Crippen LogP contribution in [0.5, 0.6) is 0 Å².